The van der Waals surface area contributed by atoms with Crippen molar-refractivity contribution in [1.29, 1.82) is 0 Å². The lowest BCUT2D eigenvalue weighted by Gasteiger charge is -2.15. The fourth-order valence-corrected chi connectivity index (χ4v) is 1.96. The second kappa shape index (κ2) is 4.49. The van der Waals surface area contributed by atoms with E-state index in [9.17, 15) is 0 Å². The number of fused-ring (bicyclic) bond motifs is 1. The Balaban J connectivity index is 1.86. The molecule has 0 aliphatic rings. The molecule has 4 heteroatoms. The van der Waals surface area contributed by atoms with Crippen molar-refractivity contribution in [2.24, 2.45) is 0 Å². The molecule has 18 heavy (non-hydrogen) atoms. The molecule has 1 N–H and O–H groups in total. The van der Waals surface area contributed by atoms with Crippen LogP contribution in [0.1, 0.15) is 5.56 Å². The zero-order valence-corrected chi connectivity index (χ0v) is 10.2. The Labute approximate surface area is 105 Å². The van der Waals surface area contributed by atoms with E-state index in [4.69, 9.17) is 0 Å². The quantitative estimate of drug-likeness (QED) is 0.762. The Morgan fingerprint density at radius 3 is 2.67 bits per heavy atom. The molecule has 0 aliphatic heterocycles. The predicted octanol–water partition coefficient (Wildman–Crippen LogP) is 2.59. The number of H-pyrrole nitrogens is 1. The molecule has 2 heterocycles. The van der Waals surface area contributed by atoms with Gasteiger partial charge < -0.3 is 9.88 Å². The zero-order chi connectivity index (χ0) is 12.4. The number of benzene rings is 1. The molecule has 0 amide bonds. The van der Waals surface area contributed by atoms with E-state index in [2.05, 4.69) is 19.9 Å². The van der Waals surface area contributed by atoms with E-state index in [-0.39, 0.29) is 0 Å². The molecular formula is C14H14N4. The van der Waals surface area contributed by atoms with Gasteiger partial charge in [0.2, 0.25) is 5.95 Å². The minimum absolute atomic E-state index is 0.808. The first-order valence-corrected chi connectivity index (χ1v) is 5.88. The van der Waals surface area contributed by atoms with Crippen LogP contribution >= 0.6 is 0 Å². The zero-order valence-electron chi connectivity index (χ0n) is 10.2. The van der Waals surface area contributed by atoms with Crippen LogP contribution in [0.15, 0.2) is 48.8 Å². The largest absolute Gasteiger partial charge is 0.341 e. The lowest BCUT2D eigenvalue weighted by atomic mass is 10.2. The topological polar surface area (TPSA) is 44.8 Å². The van der Waals surface area contributed by atoms with Crippen molar-refractivity contribution in [1.82, 2.24) is 15.0 Å². The Hall–Kier alpha value is -2.36. The van der Waals surface area contributed by atoms with E-state index < -0.39 is 0 Å². The van der Waals surface area contributed by atoms with E-state index in [1.54, 1.807) is 0 Å². The summed E-state index contributed by atoms with van der Waals surface area (Å²) in [5.74, 6) is 0.882. The predicted molar refractivity (Wildman–Crippen MR) is 72.4 cm³/mol. The third kappa shape index (κ3) is 2.05. The maximum atomic E-state index is 4.56. The van der Waals surface area contributed by atoms with Gasteiger partial charge in [-0.3, -0.25) is 4.98 Å². The Kier molecular flexibility index (Phi) is 2.68. The number of nitrogens with zero attached hydrogens (tertiary/aromatic N) is 3. The highest BCUT2D eigenvalue weighted by atomic mass is 15.2. The summed E-state index contributed by atoms with van der Waals surface area (Å²) in [5.41, 5.74) is 3.27. The number of pyridine rings is 1. The maximum absolute atomic E-state index is 4.56. The first kappa shape index (κ1) is 10.8. The molecule has 0 unspecified atom stereocenters. The van der Waals surface area contributed by atoms with Gasteiger partial charge in [-0.1, -0.05) is 12.1 Å². The van der Waals surface area contributed by atoms with Gasteiger partial charge in [0.25, 0.3) is 0 Å². The second-order valence-corrected chi connectivity index (χ2v) is 4.29. The van der Waals surface area contributed by atoms with Gasteiger partial charge in [-0.25, -0.2) is 4.98 Å². The van der Waals surface area contributed by atoms with Crippen LogP contribution in [-0.2, 0) is 6.54 Å². The van der Waals surface area contributed by atoms with Gasteiger partial charge in [0.05, 0.1) is 11.0 Å². The number of rotatable bonds is 3. The van der Waals surface area contributed by atoms with Gasteiger partial charge >= 0.3 is 0 Å². The molecule has 0 saturated carbocycles. The summed E-state index contributed by atoms with van der Waals surface area (Å²) in [4.78, 5) is 14.0. The van der Waals surface area contributed by atoms with Crippen molar-refractivity contribution in [3.05, 3.63) is 54.4 Å². The number of anilines is 1. The summed E-state index contributed by atoms with van der Waals surface area (Å²) in [7, 11) is 2.03. The number of hydrogen-bond acceptors (Lipinski definition) is 3. The Morgan fingerprint density at radius 1 is 1.11 bits per heavy atom. The Morgan fingerprint density at radius 2 is 1.89 bits per heavy atom. The van der Waals surface area contributed by atoms with E-state index in [0.717, 1.165) is 23.5 Å². The summed E-state index contributed by atoms with van der Waals surface area (Å²) < 4.78 is 0. The van der Waals surface area contributed by atoms with Crippen molar-refractivity contribution in [3.63, 3.8) is 0 Å². The minimum atomic E-state index is 0.808. The van der Waals surface area contributed by atoms with Crippen molar-refractivity contribution in [2.45, 2.75) is 6.54 Å². The maximum Gasteiger partial charge on any atom is 0.203 e. The standard InChI is InChI=1S/C14H14N4/c1-18(10-11-6-8-15-9-7-11)14-16-12-4-2-3-5-13(12)17-14/h2-9H,10H2,1H3,(H,16,17). The molecule has 90 valence electrons. The van der Waals surface area contributed by atoms with Crippen LogP contribution in [0, 0.1) is 0 Å². The number of nitrogens with one attached hydrogen (secondary N) is 1. The smallest absolute Gasteiger partial charge is 0.203 e. The highest BCUT2D eigenvalue weighted by molar-refractivity contribution is 5.77. The monoisotopic (exact) mass is 238 g/mol. The number of imidazole rings is 1. The van der Waals surface area contributed by atoms with Crippen LogP contribution in [0.4, 0.5) is 5.95 Å². The normalized spacial score (nSPS) is 10.7. The lowest BCUT2D eigenvalue weighted by Crippen LogP contribution is -2.17. The molecule has 3 aromatic rings. The van der Waals surface area contributed by atoms with Crippen LogP contribution in [0.2, 0.25) is 0 Å². The third-order valence-corrected chi connectivity index (χ3v) is 2.91. The molecule has 2 aromatic heterocycles. The molecule has 1 aromatic carbocycles. The Bertz CT molecular complexity index is 612. The molecule has 0 aliphatic carbocycles. The molecule has 3 rings (SSSR count). The van der Waals surface area contributed by atoms with Crippen molar-refractivity contribution >= 4 is 17.0 Å². The van der Waals surface area contributed by atoms with Gasteiger partial charge in [-0.05, 0) is 29.8 Å². The molecule has 4 nitrogen and oxygen atoms in total. The van der Waals surface area contributed by atoms with E-state index >= 15 is 0 Å². The summed E-state index contributed by atoms with van der Waals surface area (Å²) in [6.45, 7) is 0.808. The van der Waals surface area contributed by atoms with E-state index in [1.165, 1.54) is 5.56 Å². The van der Waals surface area contributed by atoms with Crippen LogP contribution in [0.5, 0.6) is 0 Å². The van der Waals surface area contributed by atoms with E-state index in [0.29, 0.717) is 0 Å². The molecule has 0 saturated heterocycles. The van der Waals surface area contributed by atoms with Gasteiger partial charge in [0.1, 0.15) is 0 Å². The number of aromatic nitrogens is 3. The third-order valence-electron chi connectivity index (χ3n) is 2.91. The molecule has 0 atom stereocenters. The van der Waals surface area contributed by atoms with Crippen molar-refractivity contribution < 1.29 is 0 Å². The van der Waals surface area contributed by atoms with Crippen LogP contribution in [-0.4, -0.2) is 22.0 Å². The highest BCUT2D eigenvalue weighted by Gasteiger charge is 2.07. The first-order chi connectivity index (χ1) is 8.83. The molecule has 0 spiro atoms. The molecule has 0 fully saturated rings. The second-order valence-electron chi connectivity index (χ2n) is 4.29. The summed E-state index contributed by atoms with van der Waals surface area (Å²) in [5, 5.41) is 0. The van der Waals surface area contributed by atoms with Gasteiger partial charge in [-0.2, -0.15) is 0 Å². The molecule has 0 radical (unpaired) electrons. The van der Waals surface area contributed by atoms with Crippen LogP contribution < -0.4 is 4.90 Å². The number of para-hydroxylation sites is 2. The average molecular weight is 238 g/mol. The van der Waals surface area contributed by atoms with Gasteiger partial charge in [0, 0.05) is 26.0 Å². The SMILES string of the molecule is CN(Cc1ccncc1)c1nc2ccccc2[nH]1. The molecule has 0 bridgehead atoms. The number of hydrogen-bond donors (Lipinski definition) is 1. The first-order valence-electron chi connectivity index (χ1n) is 5.88. The van der Waals surface area contributed by atoms with Crippen molar-refractivity contribution in [3.8, 4) is 0 Å². The lowest BCUT2D eigenvalue weighted by molar-refractivity contribution is 0.882. The van der Waals surface area contributed by atoms with Crippen LogP contribution in [0.25, 0.3) is 11.0 Å². The van der Waals surface area contributed by atoms with Gasteiger partial charge in [0.15, 0.2) is 0 Å². The average Bonchev–Trinajstić information content (AvgIpc) is 2.84. The molecular weight excluding hydrogens is 224 g/mol. The summed E-state index contributed by atoms with van der Waals surface area (Å²) in [6.07, 6.45) is 3.61. The van der Waals surface area contributed by atoms with Crippen LogP contribution in [0.3, 0.4) is 0 Å². The fraction of sp³-hybridized carbons (Fsp3) is 0.143. The fourth-order valence-electron chi connectivity index (χ4n) is 1.96. The number of aromatic amines is 1. The minimum Gasteiger partial charge on any atom is -0.341 e. The highest BCUT2D eigenvalue weighted by Crippen LogP contribution is 2.17. The van der Waals surface area contributed by atoms with E-state index in [1.807, 2.05) is 55.8 Å². The summed E-state index contributed by atoms with van der Waals surface area (Å²) in [6, 6.07) is 12.1. The van der Waals surface area contributed by atoms with Gasteiger partial charge in [-0.15, -0.1) is 0 Å². The summed E-state index contributed by atoms with van der Waals surface area (Å²) >= 11 is 0. The van der Waals surface area contributed by atoms with Crippen molar-refractivity contribution in [2.75, 3.05) is 11.9 Å².